The van der Waals surface area contributed by atoms with Gasteiger partial charge in [0, 0.05) is 24.7 Å². The van der Waals surface area contributed by atoms with Crippen LogP contribution < -0.4 is 23.7 Å². The Kier molecular flexibility index (Phi) is 20.5. The summed E-state index contributed by atoms with van der Waals surface area (Å²) >= 11 is 0. The molecule has 0 saturated carbocycles. The zero-order chi connectivity index (χ0) is 62.1. The third-order valence-electron chi connectivity index (χ3n) is 14.5. The van der Waals surface area contributed by atoms with Gasteiger partial charge in [-0.3, -0.25) is 9.13 Å². The molecule has 13 aromatic rings. The molecule has 4 heterocycles. The summed E-state index contributed by atoms with van der Waals surface area (Å²) in [5.41, 5.74) is 11.9. The third kappa shape index (κ3) is 16.3. The predicted molar refractivity (Wildman–Crippen MR) is 355 cm³/mol. The fourth-order valence-electron chi connectivity index (χ4n) is 10.3. The lowest BCUT2D eigenvalue weighted by atomic mass is 10.1. The van der Waals surface area contributed by atoms with Gasteiger partial charge in [-0.1, -0.05) is 140 Å². The quantitative estimate of drug-likeness (QED) is 0.0828. The highest BCUT2D eigenvalue weighted by atomic mass is 19.1. The van der Waals surface area contributed by atoms with E-state index < -0.39 is 0 Å². The second kappa shape index (κ2) is 29.5. The van der Waals surface area contributed by atoms with Crippen LogP contribution in [0.15, 0.2) is 231 Å². The predicted octanol–water partition coefficient (Wildman–Crippen LogP) is 17.8. The monoisotopic (exact) mass is 1190 g/mol. The molecule has 454 valence electrons. The van der Waals surface area contributed by atoms with Crippen molar-refractivity contribution in [3.8, 4) is 35.0 Å². The number of nitrogens with zero attached hydrogens (tertiary/aromatic N) is 8. The van der Waals surface area contributed by atoms with Gasteiger partial charge in [-0.25, -0.2) is 14.4 Å². The van der Waals surface area contributed by atoms with Gasteiger partial charge in [0.1, 0.15) is 53.7 Å². The Morgan fingerprint density at radius 1 is 0.461 bits per heavy atom. The molecule has 0 aliphatic heterocycles. The van der Waals surface area contributed by atoms with E-state index >= 15 is 0 Å². The first-order valence-corrected chi connectivity index (χ1v) is 30.3. The fourth-order valence-corrected chi connectivity index (χ4v) is 10.3. The molecule has 0 N–H and O–H groups in total. The molecule has 9 aromatic carbocycles. The molecule has 0 bridgehead atoms. The Morgan fingerprint density at radius 2 is 0.933 bits per heavy atom. The number of halogens is 1. The molecule has 0 unspecified atom stereocenters. The van der Waals surface area contributed by atoms with E-state index in [1.807, 2.05) is 146 Å². The van der Waals surface area contributed by atoms with E-state index in [4.69, 9.17) is 28.7 Å². The molecule has 4 aromatic heterocycles. The number of methoxy groups -OCH3 is 1. The number of imidazole rings is 4. The van der Waals surface area contributed by atoms with E-state index in [9.17, 15) is 4.39 Å². The molecule has 0 atom stereocenters. The smallest absolute Gasteiger partial charge is 0.303 e. The number of hydrogen-bond acceptors (Lipinski definition) is 9. The Hall–Kier alpha value is -10.2. The third-order valence-corrected chi connectivity index (χ3v) is 14.5. The number of ether oxygens (including phenoxy) is 5. The SMILES string of the molecule is CC(C)(C)n1c(Oc2cccc(F)c2)nc2ccccc21.CCCn1c(COc2ccccc2)nc2ccccc21.COc1ccc(OCc2nc3ccccc3n2CCc2ccccc2)cc1.Cc1ccc(Cn2c(OC(C)C)nc3ccccc32)cc1. The fraction of sp³-hybridized carbons (Fsp3) is 0.227. The highest BCUT2D eigenvalue weighted by molar-refractivity contribution is 5.79. The standard InChI is InChI=1S/C23H22N2O2.C18H20N2O.C17H17FN2O.C17H18N2O/c1-26-19-11-13-20(14-12-19)27-17-23-24-21-9-5-6-10-22(21)25(23)16-15-18-7-3-2-4-8-18;1-13(2)21-18-19-16-6-4-5-7-17(16)20(18)12-15-10-8-14(3)9-11-15;1-17(2,3)20-15-10-5-4-9-14(15)19-16(20)21-13-8-6-7-12(18)11-13;1-2-12-19-16-11-7-6-10-15(16)18-17(19)13-20-14-8-4-3-5-9-14/h2-14H,15-17H2,1H3;4-11,13H,12H2,1-3H3;4-11H,1-3H3;3-11H,2,12-13H2,1H3. The largest absolute Gasteiger partial charge is 0.497 e. The first-order chi connectivity index (χ1) is 43.3. The molecule has 89 heavy (non-hydrogen) atoms. The van der Waals surface area contributed by atoms with Crippen molar-refractivity contribution in [1.29, 1.82) is 0 Å². The van der Waals surface area contributed by atoms with Gasteiger partial charge in [0.05, 0.1) is 63.9 Å². The van der Waals surface area contributed by atoms with Crippen LogP contribution in [0.5, 0.6) is 35.0 Å². The molecule has 13 nitrogen and oxygen atoms in total. The van der Waals surface area contributed by atoms with Gasteiger partial charge in [0.25, 0.3) is 6.01 Å². The van der Waals surface area contributed by atoms with Crippen molar-refractivity contribution in [2.24, 2.45) is 0 Å². The van der Waals surface area contributed by atoms with E-state index in [2.05, 4.69) is 142 Å². The van der Waals surface area contributed by atoms with Crippen LogP contribution in [-0.2, 0) is 44.8 Å². The van der Waals surface area contributed by atoms with Crippen molar-refractivity contribution in [3.05, 3.63) is 265 Å². The summed E-state index contributed by atoms with van der Waals surface area (Å²) in [7, 11) is 1.66. The average molecular weight is 1190 g/mol. The van der Waals surface area contributed by atoms with E-state index in [-0.39, 0.29) is 17.5 Å². The van der Waals surface area contributed by atoms with Crippen molar-refractivity contribution in [2.75, 3.05) is 7.11 Å². The molecule has 0 aliphatic rings. The number of para-hydroxylation sites is 9. The van der Waals surface area contributed by atoms with Crippen LogP contribution in [0.25, 0.3) is 44.1 Å². The van der Waals surface area contributed by atoms with Crippen LogP contribution in [-0.4, -0.2) is 51.4 Å². The van der Waals surface area contributed by atoms with Gasteiger partial charge in [-0.05, 0) is 163 Å². The Labute approximate surface area is 520 Å². The van der Waals surface area contributed by atoms with Crippen LogP contribution in [0.4, 0.5) is 4.39 Å². The Bertz CT molecular complexity index is 4340. The maximum atomic E-state index is 13.3. The molecule has 0 spiro atoms. The first-order valence-electron chi connectivity index (χ1n) is 30.3. The highest BCUT2D eigenvalue weighted by Gasteiger charge is 2.23. The van der Waals surface area contributed by atoms with E-state index in [1.54, 1.807) is 19.2 Å². The lowest BCUT2D eigenvalue weighted by Gasteiger charge is -2.23. The molecule has 0 amide bonds. The Balaban J connectivity index is 0.000000132. The first kappa shape index (κ1) is 61.9. The highest BCUT2D eigenvalue weighted by Crippen LogP contribution is 2.33. The van der Waals surface area contributed by atoms with E-state index in [0.29, 0.717) is 31.0 Å². The minimum absolute atomic E-state index is 0.110. The lowest BCUT2D eigenvalue weighted by Crippen LogP contribution is -2.22. The number of hydrogen-bond donors (Lipinski definition) is 0. The molecule has 0 radical (unpaired) electrons. The number of aryl methyl sites for hydroxylation is 4. The lowest BCUT2D eigenvalue weighted by molar-refractivity contribution is 0.214. The molecule has 0 saturated heterocycles. The zero-order valence-corrected chi connectivity index (χ0v) is 52.0. The summed E-state index contributed by atoms with van der Waals surface area (Å²) in [6, 6.07) is 76.3. The van der Waals surface area contributed by atoms with Crippen LogP contribution >= 0.6 is 0 Å². The zero-order valence-electron chi connectivity index (χ0n) is 52.0. The maximum Gasteiger partial charge on any atom is 0.303 e. The normalized spacial score (nSPS) is 11.2. The number of rotatable bonds is 18. The molecule has 14 heteroatoms. The summed E-state index contributed by atoms with van der Waals surface area (Å²) in [5, 5.41) is 0. The summed E-state index contributed by atoms with van der Waals surface area (Å²) in [4.78, 5) is 18.6. The number of benzene rings is 9. The van der Waals surface area contributed by atoms with E-state index in [0.717, 1.165) is 100.0 Å². The Morgan fingerprint density at radius 3 is 1.48 bits per heavy atom. The molecule has 0 aliphatic carbocycles. The van der Waals surface area contributed by atoms with Crippen molar-refractivity contribution in [3.63, 3.8) is 0 Å². The molecule has 0 fully saturated rings. The van der Waals surface area contributed by atoms with Gasteiger partial charge in [0.2, 0.25) is 0 Å². The average Bonchev–Trinajstić information content (AvgIpc) is 1.74. The molecular weight excluding hydrogens is 1110 g/mol. The van der Waals surface area contributed by atoms with Crippen molar-refractivity contribution >= 4 is 44.1 Å². The summed E-state index contributed by atoms with van der Waals surface area (Å²) < 4.78 is 50.7. The second-order valence-electron chi connectivity index (χ2n) is 22.7. The second-order valence-corrected chi connectivity index (χ2v) is 22.7. The van der Waals surface area contributed by atoms with Crippen molar-refractivity contribution in [2.45, 2.75) is 106 Å². The number of aromatic nitrogens is 8. The van der Waals surface area contributed by atoms with Crippen molar-refractivity contribution in [1.82, 2.24) is 38.2 Å². The van der Waals surface area contributed by atoms with Crippen LogP contribution in [0.2, 0.25) is 0 Å². The van der Waals surface area contributed by atoms with Crippen LogP contribution in [0.1, 0.15) is 76.3 Å². The van der Waals surface area contributed by atoms with Crippen LogP contribution in [0, 0.1) is 12.7 Å². The maximum absolute atomic E-state index is 13.3. The minimum Gasteiger partial charge on any atom is -0.497 e. The van der Waals surface area contributed by atoms with E-state index in [1.165, 1.54) is 34.3 Å². The van der Waals surface area contributed by atoms with Gasteiger partial charge in [-0.2, -0.15) is 9.97 Å². The molecular formula is C75H77FN8O5. The molecule has 13 rings (SSSR count). The topological polar surface area (TPSA) is 117 Å². The summed E-state index contributed by atoms with van der Waals surface area (Å²) in [6.45, 7) is 18.1. The van der Waals surface area contributed by atoms with Gasteiger partial charge >= 0.3 is 6.01 Å². The summed E-state index contributed by atoms with van der Waals surface area (Å²) in [5.74, 6) is 4.53. The van der Waals surface area contributed by atoms with Crippen molar-refractivity contribution < 1.29 is 28.1 Å². The number of fused-ring (bicyclic) bond motifs is 4. The minimum atomic E-state index is -0.328. The van der Waals surface area contributed by atoms with Gasteiger partial charge < -0.3 is 32.8 Å². The van der Waals surface area contributed by atoms with Gasteiger partial charge in [0.15, 0.2) is 0 Å². The van der Waals surface area contributed by atoms with Gasteiger partial charge in [-0.15, -0.1) is 0 Å². The van der Waals surface area contributed by atoms with Crippen LogP contribution in [0.3, 0.4) is 0 Å². The summed E-state index contributed by atoms with van der Waals surface area (Å²) in [6.07, 6.45) is 2.15.